The van der Waals surface area contributed by atoms with Crippen molar-refractivity contribution < 1.29 is 19.1 Å². The smallest absolute Gasteiger partial charge is 0.303 e. The molecule has 1 amide bonds. The molecule has 0 saturated carbocycles. The fourth-order valence-corrected chi connectivity index (χ4v) is 2.56. The molecule has 0 radical (unpaired) electrons. The maximum absolute atomic E-state index is 13.4. The molecule has 0 aliphatic carbocycles. The molecule has 3 N–H and O–H groups in total. The Kier molecular flexibility index (Phi) is 4.22. The van der Waals surface area contributed by atoms with Gasteiger partial charge in [-0.25, -0.2) is 4.39 Å². The fourth-order valence-electron chi connectivity index (χ4n) is 2.56. The van der Waals surface area contributed by atoms with E-state index in [4.69, 9.17) is 10.8 Å². The van der Waals surface area contributed by atoms with Crippen molar-refractivity contribution in [2.45, 2.75) is 19.3 Å². The monoisotopic (exact) mass is 280 g/mol. The number of anilines is 1. The second-order valence-corrected chi connectivity index (χ2v) is 5.06. The number of rotatable bonds is 3. The number of benzene rings is 1. The number of hydrogen-bond acceptors (Lipinski definition) is 3. The van der Waals surface area contributed by atoms with Gasteiger partial charge in [-0.2, -0.15) is 0 Å². The summed E-state index contributed by atoms with van der Waals surface area (Å²) in [5.41, 5.74) is 5.57. The second kappa shape index (κ2) is 5.90. The van der Waals surface area contributed by atoms with Crippen molar-refractivity contribution in [2.24, 2.45) is 5.92 Å². The number of carboxylic acid groups (broad SMARTS) is 1. The lowest BCUT2D eigenvalue weighted by molar-refractivity contribution is -0.138. The summed E-state index contributed by atoms with van der Waals surface area (Å²) in [4.78, 5) is 24.6. The third kappa shape index (κ3) is 3.07. The zero-order valence-electron chi connectivity index (χ0n) is 11.0. The van der Waals surface area contributed by atoms with Gasteiger partial charge < -0.3 is 15.7 Å². The highest BCUT2D eigenvalue weighted by Crippen LogP contribution is 2.24. The van der Waals surface area contributed by atoms with Crippen molar-refractivity contribution in [1.29, 1.82) is 0 Å². The number of nitrogen functional groups attached to an aromatic ring is 1. The number of para-hydroxylation sites is 1. The summed E-state index contributed by atoms with van der Waals surface area (Å²) in [6.07, 6.45) is 1.58. The van der Waals surface area contributed by atoms with Gasteiger partial charge in [0, 0.05) is 19.5 Å². The Balaban J connectivity index is 2.12. The summed E-state index contributed by atoms with van der Waals surface area (Å²) in [5, 5.41) is 8.82. The molecule has 6 heteroatoms. The topological polar surface area (TPSA) is 83.6 Å². The zero-order chi connectivity index (χ0) is 14.7. The number of nitrogens with two attached hydrogens (primary N) is 1. The summed E-state index contributed by atoms with van der Waals surface area (Å²) in [6, 6.07) is 4.13. The summed E-state index contributed by atoms with van der Waals surface area (Å²) in [7, 11) is 0. The molecule has 5 nitrogen and oxygen atoms in total. The number of carboxylic acids is 1. The maximum Gasteiger partial charge on any atom is 0.303 e. The fraction of sp³-hybridized carbons (Fsp3) is 0.429. The molecule has 1 aromatic rings. The lowest BCUT2D eigenvalue weighted by atomic mass is 9.94. The van der Waals surface area contributed by atoms with Crippen LogP contribution in [0.15, 0.2) is 18.2 Å². The Hall–Kier alpha value is -2.11. The molecule has 108 valence electrons. The highest BCUT2D eigenvalue weighted by atomic mass is 19.1. The van der Waals surface area contributed by atoms with Crippen LogP contribution in [0.5, 0.6) is 0 Å². The van der Waals surface area contributed by atoms with Crippen molar-refractivity contribution in [2.75, 3.05) is 18.8 Å². The number of carbonyl (C=O) groups is 2. The van der Waals surface area contributed by atoms with Crippen LogP contribution in [0.1, 0.15) is 29.6 Å². The lowest BCUT2D eigenvalue weighted by Gasteiger charge is -2.32. The number of likely N-dealkylation sites (tertiary alicyclic amines) is 1. The second-order valence-electron chi connectivity index (χ2n) is 5.06. The van der Waals surface area contributed by atoms with Gasteiger partial charge in [0.2, 0.25) is 0 Å². The molecule has 20 heavy (non-hydrogen) atoms. The number of nitrogens with zero attached hydrogens (tertiary/aromatic N) is 1. The van der Waals surface area contributed by atoms with E-state index in [1.54, 1.807) is 4.90 Å². The van der Waals surface area contributed by atoms with E-state index < -0.39 is 11.8 Å². The molecule has 1 aliphatic heterocycles. The molecule has 1 saturated heterocycles. The predicted molar refractivity (Wildman–Crippen MR) is 71.7 cm³/mol. The number of aliphatic carboxylic acids is 1. The van der Waals surface area contributed by atoms with Gasteiger partial charge in [-0.15, -0.1) is 0 Å². The molecule has 1 unspecified atom stereocenters. The van der Waals surface area contributed by atoms with Crippen molar-refractivity contribution >= 4 is 17.6 Å². The number of hydrogen-bond donors (Lipinski definition) is 2. The molecular formula is C14H17FN2O3. The average Bonchev–Trinajstić information content (AvgIpc) is 2.41. The van der Waals surface area contributed by atoms with E-state index in [1.165, 1.54) is 18.2 Å². The largest absolute Gasteiger partial charge is 0.481 e. The van der Waals surface area contributed by atoms with Gasteiger partial charge in [0.15, 0.2) is 0 Å². The van der Waals surface area contributed by atoms with E-state index in [0.717, 1.165) is 12.8 Å². The summed E-state index contributed by atoms with van der Waals surface area (Å²) >= 11 is 0. The van der Waals surface area contributed by atoms with Gasteiger partial charge in [0.1, 0.15) is 5.82 Å². The standard InChI is InChI=1S/C14H17FN2O3/c15-11-5-1-4-10(13(11)16)14(20)17-6-2-3-9(8-17)7-12(18)19/h1,4-5,9H,2-3,6-8,16H2,(H,18,19). The number of piperidine rings is 1. The van der Waals surface area contributed by atoms with Crippen molar-refractivity contribution in [3.63, 3.8) is 0 Å². The quantitative estimate of drug-likeness (QED) is 0.826. The highest BCUT2D eigenvalue weighted by molar-refractivity contribution is 5.99. The molecule has 0 aromatic heterocycles. The molecule has 0 bridgehead atoms. The number of carbonyl (C=O) groups excluding carboxylic acids is 1. The Bertz CT molecular complexity index is 533. The first-order chi connectivity index (χ1) is 9.49. The molecule has 1 fully saturated rings. The van der Waals surface area contributed by atoms with E-state index in [2.05, 4.69) is 0 Å². The van der Waals surface area contributed by atoms with Crippen LogP contribution in [0.2, 0.25) is 0 Å². The Morgan fingerprint density at radius 2 is 2.20 bits per heavy atom. The molecule has 1 aliphatic rings. The molecule has 2 rings (SSSR count). The zero-order valence-corrected chi connectivity index (χ0v) is 11.0. The van der Waals surface area contributed by atoms with Gasteiger partial charge in [-0.3, -0.25) is 9.59 Å². The van der Waals surface area contributed by atoms with Crippen LogP contribution >= 0.6 is 0 Å². The van der Waals surface area contributed by atoms with Crippen LogP contribution in [0.3, 0.4) is 0 Å². The van der Waals surface area contributed by atoms with Crippen LogP contribution in [-0.4, -0.2) is 35.0 Å². The van der Waals surface area contributed by atoms with Crippen molar-refractivity contribution in [3.8, 4) is 0 Å². The first-order valence-electron chi connectivity index (χ1n) is 6.54. The van der Waals surface area contributed by atoms with Gasteiger partial charge in [-0.05, 0) is 30.9 Å². The van der Waals surface area contributed by atoms with Crippen molar-refractivity contribution in [1.82, 2.24) is 4.90 Å². The van der Waals surface area contributed by atoms with E-state index in [-0.39, 0.29) is 29.5 Å². The first kappa shape index (κ1) is 14.3. The van der Waals surface area contributed by atoms with Gasteiger partial charge in [0.25, 0.3) is 5.91 Å². The summed E-state index contributed by atoms with van der Waals surface area (Å²) in [5.74, 6) is -1.87. The molecule has 1 aromatic carbocycles. The summed E-state index contributed by atoms with van der Waals surface area (Å²) < 4.78 is 13.4. The van der Waals surface area contributed by atoms with E-state index >= 15 is 0 Å². The number of halogens is 1. The van der Waals surface area contributed by atoms with E-state index in [9.17, 15) is 14.0 Å². The maximum atomic E-state index is 13.4. The Labute approximate surface area is 116 Å². The average molecular weight is 280 g/mol. The lowest BCUT2D eigenvalue weighted by Crippen LogP contribution is -2.40. The van der Waals surface area contributed by atoms with Crippen LogP contribution in [0.4, 0.5) is 10.1 Å². The SMILES string of the molecule is Nc1c(F)cccc1C(=O)N1CCCC(CC(=O)O)C1. The molecule has 1 heterocycles. The third-order valence-corrected chi connectivity index (χ3v) is 3.55. The van der Waals surface area contributed by atoms with E-state index in [0.29, 0.717) is 13.1 Å². The van der Waals surface area contributed by atoms with Crippen LogP contribution < -0.4 is 5.73 Å². The van der Waals surface area contributed by atoms with Gasteiger partial charge >= 0.3 is 5.97 Å². The normalized spacial score (nSPS) is 18.9. The highest BCUT2D eigenvalue weighted by Gasteiger charge is 2.27. The van der Waals surface area contributed by atoms with Crippen LogP contribution in [0.25, 0.3) is 0 Å². The minimum absolute atomic E-state index is 0.0441. The molecular weight excluding hydrogens is 263 g/mol. The first-order valence-corrected chi connectivity index (χ1v) is 6.54. The van der Waals surface area contributed by atoms with Gasteiger partial charge in [-0.1, -0.05) is 6.07 Å². The van der Waals surface area contributed by atoms with Gasteiger partial charge in [0.05, 0.1) is 11.3 Å². The van der Waals surface area contributed by atoms with Crippen LogP contribution in [-0.2, 0) is 4.79 Å². The minimum atomic E-state index is -0.866. The summed E-state index contributed by atoms with van der Waals surface area (Å²) in [6.45, 7) is 0.923. The number of amides is 1. The predicted octanol–water partition coefficient (Wildman–Crippen LogP) is 1.73. The van der Waals surface area contributed by atoms with E-state index in [1.807, 2.05) is 0 Å². The van der Waals surface area contributed by atoms with Crippen molar-refractivity contribution in [3.05, 3.63) is 29.6 Å². The Morgan fingerprint density at radius 1 is 1.45 bits per heavy atom. The Morgan fingerprint density at radius 3 is 2.90 bits per heavy atom. The third-order valence-electron chi connectivity index (χ3n) is 3.55. The van der Waals surface area contributed by atoms with Crippen LogP contribution in [0, 0.1) is 11.7 Å². The molecule has 1 atom stereocenters. The minimum Gasteiger partial charge on any atom is -0.481 e. The molecule has 0 spiro atoms.